The van der Waals surface area contributed by atoms with Crippen LogP contribution in [-0.2, 0) is 17.6 Å². The zero-order chi connectivity index (χ0) is 13.1. The van der Waals surface area contributed by atoms with E-state index < -0.39 is 5.97 Å². The molecule has 0 unspecified atom stereocenters. The molecule has 0 saturated heterocycles. The van der Waals surface area contributed by atoms with Crippen molar-refractivity contribution in [1.82, 2.24) is 4.98 Å². The highest BCUT2D eigenvalue weighted by Gasteiger charge is 2.13. The summed E-state index contributed by atoms with van der Waals surface area (Å²) in [5.41, 5.74) is 1.84. The van der Waals surface area contributed by atoms with Gasteiger partial charge in [-0.3, -0.25) is 4.79 Å². The molecule has 0 aliphatic rings. The number of thiazole rings is 1. The van der Waals surface area contributed by atoms with Gasteiger partial charge in [-0.25, -0.2) is 4.98 Å². The third kappa shape index (κ3) is 2.89. The molecule has 0 amide bonds. The predicted molar refractivity (Wildman–Crippen MR) is 73.3 cm³/mol. The molecule has 2 aromatic rings. The minimum absolute atomic E-state index is 0.0361. The van der Waals surface area contributed by atoms with E-state index in [1.54, 1.807) is 12.1 Å². The van der Waals surface area contributed by atoms with E-state index in [9.17, 15) is 4.79 Å². The van der Waals surface area contributed by atoms with Crippen LogP contribution >= 0.6 is 22.9 Å². The van der Waals surface area contributed by atoms with Gasteiger partial charge < -0.3 is 5.11 Å². The summed E-state index contributed by atoms with van der Waals surface area (Å²) in [7, 11) is 0. The monoisotopic (exact) mass is 281 g/mol. The van der Waals surface area contributed by atoms with E-state index in [0.29, 0.717) is 5.02 Å². The third-order valence-electron chi connectivity index (χ3n) is 2.52. The summed E-state index contributed by atoms with van der Waals surface area (Å²) >= 11 is 7.27. The van der Waals surface area contributed by atoms with Gasteiger partial charge in [-0.2, -0.15) is 0 Å². The fraction of sp³-hybridized carbons (Fsp3) is 0.231. The van der Waals surface area contributed by atoms with Crippen LogP contribution in [0.4, 0.5) is 0 Å². The van der Waals surface area contributed by atoms with Crippen LogP contribution in [0.3, 0.4) is 0 Å². The molecule has 0 radical (unpaired) electrons. The standard InChI is InChI=1S/C13H12ClNO2S/c1-2-10-11(7-12(16)17)18-13(15-10)8-3-5-9(14)6-4-8/h3-6H,2,7H2,1H3,(H,16,17). The van der Waals surface area contributed by atoms with Crippen LogP contribution in [0.25, 0.3) is 10.6 Å². The lowest BCUT2D eigenvalue weighted by Gasteiger charge is -1.95. The Labute approximate surface area is 114 Å². The van der Waals surface area contributed by atoms with Crippen LogP contribution in [0.15, 0.2) is 24.3 Å². The molecule has 2 rings (SSSR count). The number of carboxylic acid groups (broad SMARTS) is 1. The molecule has 0 aliphatic carbocycles. The summed E-state index contributed by atoms with van der Waals surface area (Å²) < 4.78 is 0. The Morgan fingerprint density at radius 2 is 2.06 bits per heavy atom. The lowest BCUT2D eigenvalue weighted by atomic mass is 10.2. The Hall–Kier alpha value is -1.39. The van der Waals surface area contributed by atoms with Crippen LogP contribution in [0.2, 0.25) is 5.02 Å². The SMILES string of the molecule is CCc1nc(-c2ccc(Cl)cc2)sc1CC(=O)O. The Balaban J connectivity index is 2.37. The molecule has 5 heteroatoms. The van der Waals surface area contributed by atoms with Gasteiger partial charge in [0.15, 0.2) is 0 Å². The topological polar surface area (TPSA) is 50.2 Å². The molecule has 1 aromatic carbocycles. The van der Waals surface area contributed by atoms with Crippen molar-refractivity contribution in [2.75, 3.05) is 0 Å². The highest BCUT2D eigenvalue weighted by Crippen LogP contribution is 2.29. The Morgan fingerprint density at radius 3 is 2.61 bits per heavy atom. The number of aryl methyl sites for hydroxylation is 1. The van der Waals surface area contributed by atoms with E-state index in [4.69, 9.17) is 16.7 Å². The Bertz CT molecular complexity index is 563. The van der Waals surface area contributed by atoms with Crippen molar-refractivity contribution in [3.63, 3.8) is 0 Å². The van der Waals surface area contributed by atoms with Gasteiger partial charge in [0.25, 0.3) is 0 Å². The molecule has 0 spiro atoms. The molecule has 18 heavy (non-hydrogen) atoms. The molecular formula is C13H12ClNO2S. The van der Waals surface area contributed by atoms with Crippen molar-refractivity contribution < 1.29 is 9.90 Å². The maximum atomic E-state index is 10.8. The number of benzene rings is 1. The van der Waals surface area contributed by atoms with E-state index in [2.05, 4.69) is 4.98 Å². The number of aliphatic carboxylic acids is 1. The van der Waals surface area contributed by atoms with Gasteiger partial charge in [0.05, 0.1) is 12.1 Å². The molecule has 1 aromatic heterocycles. The number of rotatable bonds is 4. The molecule has 94 valence electrons. The van der Waals surface area contributed by atoms with Crippen LogP contribution < -0.4 is 0 Å². The minimum Gasteiger partial charge on any atom is -0.481 e. The number of carbonyl (C=O) groups is 1. The summed E-state index contributed by atoms with van der Waals surface area (Å²) in [5.74, 6) is -0.823. The lowest BCUT2D eigenvalue weighted by molar-refractivity contribution is -0.136. The van der Waals surface area contributed by atoms with E-state index >= 15 is 0 Å². The molecule has 0 aliphatic heterocycles. The molecule has 0 atom stereocenters. The van der Waals surface area contributed by atoms with E-state index in [0.717, 1.165) is 27.6 Å². The molecule has 3 nitrogen and oxygen atoms in total. The third-order valence-corrected chi connectivity index (χ3v) is 3.91. The first-order chi connectivity index (χ1) is 8.60. The van der Waals surface area contributed by atoms with Crippen molar-refractivity contribution in [2.24, 2.45) is 0 Å². The predicted octanol–water partition coefficient (Wildman–Crippen LogP) is 3.65. The fourth-order valence-electron chi connectivity index (χ4n) is 1.65. The van der Waals surface area contributed by atoms with Gasteiger partial charge in [0.1, 0.15) is 5.01 Å². The zero-order valence-electron chi connectivity index (χ0n) is 9.81. The summed E-state index contributed by atoms with van der Waals surface area (Å²) in [6.45, 7) is 1.98. The lowest BCUT2D eigenvalue weighted by Crippen LogP contribution is -2.00. The normalized spacial score (nSPS) is 10.6. The van der Waals surface area contributed by atoms with E-state index in [1.165, 1.54) is 11.3 Å². The molecule has 0 bridgehead atoms. The number of hydrogen-bond donors (Lipinski definition) is 1. The number of hydrogen-bond acceptors (Lipinski definition) is 3. The Kier molecular flexibility index (Phi) is 3.99. The summed E-state index contributed by atoms with van der Waals surface area (Å²) in [6.07, 6.45) is 0.779. The van der Waals surface area contributed by atoms with Crippen LogP contribution in [0.1, 0.15) is 17.5 Å². The van der Waals surface area contributed by atoms with E-state index in [1.807, 2.05) is 19.1 Å². The van der Waals surface area contributed by atoms with Gasteiger partial charge in [-0.1, -0.05) is 30.7 Å². The maximum Gasteiger partial charge on any atom is 0.308 e. The average molecular weight is 282 g/mol. The molecule has 1 N–H and O–H groups in total. The van der Waals surface area contributed by atoms with Crippen LogP contribution in [0.5, 0.6) is 0 Å². The first-order valence-electron chi connectivity index (χ1n) is 5.56. The summed E-state index contributed by atoms with van der Waals surface area (Å²) in [6, 6.07) is 7.40. The number of halogens is 1. The second kappa shape index (κ2) is 5.50. The quantitative estimate of drug-likeness (QED) is 0.930. The Morgan fingerprint density at radius 1 is 1.39 bits per heavy atom. The summed E-state index contributed by atoms with van der Waals surface area (Å²) in [4.78, 5) is 16.1. The van der Waals surface area contributed by atoms with Crippen molar-refractivity contribution in [1.29, 1.82) is 0 Å². The van der Waals surface area contributed by atoms with Gasteiger partial charge in [-0.15, -0.1) is 11.3 Å². The van der Waals surface area contributed by atoms with Crippen LogP contribution in [-0.4, -0.2) is 16.1 Å². The highest BCUT2D eigenvalue weighted by atomic mass is 35.5. The number of aromatic nitrogens is 1. The van der Waals surface area contributed by atoms with Gasteiger partial charge in [-0.05, 0) is 18.6 Å². The molecule has 0 fully saturated rings. The fourth-order valence-corrected chi connectivity index (χ4v) is 2.92. The largest absolute Gasteiger partial charge is 0.481 e. The van der Waals surface area contributed by atoms with Crippen molar-refractivity contribution in [2.45, 2.75) is 19.8 Å². The molecule has 1 heterocycles. The first kappa shape index (κ1) is 13.1. The van der Waals surface area contributed by atoms with E-state index in [-0.39, 0.29) is 6.42 Å². The second-order valence-electron chi connectivity index (χ2n) is 3.82. The number of carboxylic acids is 1. The summed E-state index contributed by atoms with van der Waals surface area (Å²) in [5, 5.41) is 10.4. The highest BCUT2D eigenvalue weighted by molar-refractivity contribution is 7.15. The van der Waals surface area contributed by atoms with Gasteiger partial charge in [0, 0.05) is 15.5 Å². The van der Waals surface area contributed by atoms with Crippen molar-refractivity contribution in [3.8, 4) is 10.6 Å². The average Bonchev–Trinajstić information content (AvgIpc) is 2.72. The van der Waals surface area contributed by atoms with Crippen LogP contribution in [0, 0.1) is 0 Å². The molecular weight excluding hydrogens is 270 g/mol. The van der Waals surface area contributed by atoms with Crippen molar-refractivity contribution >= 4 is 28.9 Å². The number of nitrogens with zero attached hydrogens (tertiary/aromatic N) is 1. The molecule has 0 saturated carbocycles. The smallest absolute Gasteiger partial charge is 0.308 e. The van der Waals surface area contributed by atoms with Gasteiger partial charge >= 0.3 is 5.97 Å². The van der Waals surface area contributed by atoms with Gasteiger partial charge in [0.2, 0.25) is 0 Å². The van der Waals surface area contributed by atoms with Crippen molar-refractivity contribution in [3.05, 3.63) is 39.9 Å². The maximum absolute atomic E-state index is 10.8. The minimum atomic E-state index is -0.823. The first-order valence-corrected chi connectivity index (χ1v) is 6.76. The second-order valence-corrected chi connectivity index (χ2v) is 5.34. The zero-order valence-corrected chi connectivity index (χ0v) is 11.4.